The normalized spacial score (nSPS) is 14.8. The highest BCUT2D eigenvalue weighted by Crippen LogP contribution is 2.29. The van der Waals surface area contributed by atoms with Crippen LogP contribution in [0.4, 0.5) is 11.8 Å². The highest BCUT2D eigenvalue weighted by Gasteiger charge is 2.24. The summed E-state index contributed by atoms with van der Waals surface area (Å²) in [7, 11) is 0. The number of carbonyl (C=O) groups is 1. The number of benzene rings is 1. The van der Waals surface area contributed by atoms with E-state index < -0.39 is 0 Å². The molecule has 1 aliphatic heterocycles. The van der Waals surface area contributed by atoms with Crippen LogP contribution in [0.1, 0.15) is 12.0 Å². The highest BCUT2D eigenvalue weighted by atomic mass is 32.1. The molecule has 0 unspecified atom stereocenters. The number of nitrogens with one attached hydrogen (secondary N) is 1. The third-order valence-corrected chi connectivity index (χ3v) is 6.34. The van der Waals surface area contributed by atoms with E-state index in [1.54, 1.807) is 11.3 Å². The van der Waals surface area contributed by atoms with Crippen LogP contribution in [0.25, 0.3) is 21.1 Å². The summed E-state index contributed by atoms with van der Waals surface area (Å²) in [6.45, 7) is 2.89. The van der Waals surface area contributed by atoms with Crippen LogP contribution < -0.4 is 10.6 Å². The predicted octanol–water partition coefficient (Wildman–Crippen LogP) is 3.04. The van der Waals surface area contributed by atoms with Gasteiger partial charge in [-0.1, -0.05) is 18.2 Å². The molecule has 4 heterocycles. The van der Waals surface area contributed by atoms with Gasteiger partial charge in [-0.25, -0.2) is 4.98 Å². The number of hydrogen-bond donors (Lipinski definition) is 2. The van der Waals surface area contributed by atoms with E-state index in [9.17, 15) is 4.79 Å². The lowest BCUT2D eigenvalue weighted by molar-refractivity contribution is -0.131. The Labute approximate surface area is 172 Å². The molecule has 148 valence electrons. The smallest absolute Gasteiger partial charge is 0.223 e. The molecule has 3 aromatic heterocycles. The number of fused-ring (bicyclic) bond motifs is 2. The SMILES string of the molecule is Nc1nc(N2CCN(C(=O)CCc3c[nH]c4ccccc34)CC2)c2ccsc2n1. The minimum absolute atomic E-state index is 0.206. The molecule has 3 N–H and O–H groups in total. The zero-order valence-corrected chi connectivity index (χ0v) is 16.8. The maximum Gasteiger partial charge on any atom is 0.223 e. The van der Waals surface area contributed by atoms with Crippen LogP contribution in [-0.2, 0) is 11.2 Å². The summed E-state index contributed by atoms with van der Waals surface area (Å²) < 4.78 is 0. The third kappa shape index (κ3) is 3.40. The maximum absolute atomic E-state index is 12.8. The lowest BCUT2D eigenvalue weighted by Gasteiger charge is -2.35. The molecule has 0 saturated carbocycles. The fourth-order valence-electron chi connectivity index (χ4n) is 4.00. The number of rotatable bonds is 4. The molecule has 4 aromatic rings. The number of hydrogen-bond acceptors (Lipinski definition) is 6. The number of piperazine rings is 1. The average molecular weight is 407 g/mol. The highest BCUT2D eigenvalue weighted by molar-refractivity contribution is 7.16. The van der Waals surface area contributed by atoms with Crippen molar-refractivity contribution in [3.05, 3.63) is 47.5 Å². The van der Waals surface area contributed by atoms with E-state index in [4.69, 9.17) is 5.73 Å². The number of carbonyl (C=O) groups excluding carboxylic acids is 1. The average Bonchev–Trinajstić information content (AvgIpc) is 3.38. The quantitative estimate of drug-likeness (QED) is 0.544. The van der Waals surface area contributed by atoms with Crippen LogP contribution in [0.15, 0.2) is 41.9 Å². The molecule has 1 saturated heterocycles. The maximum atomic E-state index is 12.8. The van der Waals surface area contributed by atoms with E-state index in [1.165, 1.54) is 10.9 Å². The van der Waals surface area contributed by atoms with Gasteiger partial charge in [-0.3, -0.25) is 4.79 Å². The summed E-state index contributed by atoms with van der Waals surface area (Å²) in [5.41, 5.74) is 8.20. The van der Waals surface area contributed by atoms with E-state index >= 15 is 0 Å². The number of aromatic nitrogens is 3. The summed E-state index contributed by atoms with van der Waals surface area (Å²) in [5, 5.41) is 4.24. The van der Waals surface area contributed by atoms with Crippen LogP contribution in [0.3, 0.4) is 0 Å². The number of thiophene rings is 1. The van der Waals surface area contributed by atoms with Gasteiger partial charge in [-0.2, -0.15) is 4.98 Å². The van der Waals surface area contributed by atoms with Crippen LogP contribution >= 0.6 is 11.3 Å². The third-order valence-electron chi connectivity index (χ3n) is 5.54. The second kappa shape index (κ2) is 7.36. The Morgan fingerprint density at radius 3 is 2.79 bits per heavy atom. The van der Waals surface area contributed by atoms with Gasteiger partial charge in [0.25, 0.3) is 0 Å². The Morgan fingerprint density at radius 2 is 1.93 bits per heavy atom. The van der Waals surface area contributed by atoms with Gasteiger partial charge in [0, 0.05) is 49.7 Å². The van der Waals surface area contributed by atoms with Gasteiger partial charge in [-0.05, 0) is 29.5 Å². The number of nitrogens with two attached hydrogens (primary N) is 1. The zero-order valence-electron chi connectivity index (χ0n) is 16.0. The van der Waals surface area contributed by atoms with Gasteiger partial charge in [0.15, 0.2) is 0 Å². The van der Waals surface area contributed by atoms with Crippen molar-refractivity contribution in [1.29, 1.82) is 0 Å². The molecule has 5 rings (SSSR count). The summed E-state index contributed by atoms with van der Waals surface area (Å²) >= 11 is 1.57. The molecule has 7 nitrogen and oxygen atoms in total. The fourth-order valence-corrected chi connectivity index (χ4v) is 4.77. The fraction of sp³-hybridized carbons (Fsp3) is 0.286. The van der Waals surface area contributed by atoms with Gasteiger partial charge >= 0.3 is 0 Å². The first-order valence-electron chi connectivity index (χ1n) is 9.77. The van der Waals surface area contributed by atoms with E-state index in [-0.39, 0.29) is 5.91 Å². The van der Waals surface area contributed by atoms with Crippen LogP contribution in [0, 0.1) is 0 Å². The molecule has 0 atom stereocenters. The number of aryl methyl sites for hydroxylation is 1. The first-order valence-corrected chi connectivity index (χ1v) is 10.7. The standard InChI is InChI=1S/C21H22N6OS/c22-21-24-19(16-7-12-29-20(16)25-21)27-10-8-26(9-11-27)18(28)6-5-14-13-23-17-4-2-1-3-15(14)17/h1-4,7,12-13,23H,5-6,8-11H2,(H2,22,24,25). The minimum atomic E-state index is 0.206. The van der Waals surface area contributed by atoms with Gasteiger partial charge in [0.05, 0.1) is 5.39 Å². The van der Waals surface area contributed by atoms with E-state index in [2.05, 4.69) is 32.0 Å². The Balaban J connectivity index is 1.22. The monoisotopic (exact) mass is 406 g/mol. The molecule has 8 heteroatoms. The van der Waals surface area contributed by atoms with Crippen molar-refractivity contribution >= 4 is 50.1 Å². The van der Waals surface area contributed by atoms with Gasteiger partial charge in [0.1, 0.15) is 10.6 Å². The van der Waals surface area contributed by atoms with Crippen LogP contribution in [0.5, 0.6) is 0 Å². The lowest BCUT2D eigenvalue weighted by atomic mass is 10.1. The number of nitrogens with zero attached hydrogens (tertiary/aromatic N) is 4. The first-order chi connectivity index (χ1) is 14.2. The molecular formula is C21H22N6OS. The second-order valence-electron chi connectivity index (χ2n) is 7.27. The van der Waals surface area contributed by atoms with Crippen molar-refractivity contribution in [3.8, 4) is 0 Å². The van der Waals surface area contributed by atoms with Gasteiger partial charge in [-0.15, -0.1) is 11.3 Å². The number of anilines is 2. The molecule has 1 aliphatic rings. The number of H-pyrrole nitrogens is 1. The predicted molar refractivity (Wildman–Crippen MR) is 117 cm³/mol. The molecule has 1 aromatic carbocycles. The van der Waals surface area contributed by atoms with Crippen molar-refractivity contribution in [2.24, 2.45) is 0 Å². The van der Waals surface area contributed by atoms with Crippen molar-refractivity contribution in [2.75, 3.05) is 36.8 Å². The molecule has 1 amide bonds. The van der Waals surface area contributed by atoms with E-state index in [0.29, 0.717) is 25.5 Å². The summed E-state index contributed by atoms with van der Waals surface area (Å²) in [6, 6.07) is 10.2. The van der Waals surface area contributed by atoms with Crippen LogP contribution in [-0.4, -0.2) is 51.9 Å². The Bertz CT molecular complexity index is 1170. The molecule has 0 radical (unpaired) electrons. The molecule has 1 fully saturated rings. The summed E-state index contributed by atoms with van der Waals surface area (Å²) in [5.74, 6) is 1.38. The lowest BCUT2D eigenvalue weighted by Crippen LogP contribution is -2.49. The number of nitrogen functional groups attached to an aromatic ring is 1. The summed E-state index contributed by atoms with van der Waals surface area (Å²) in [4.78, 5) is 29.9. The van der Waals surface area contributed by atoms with E-state index in [0.717, 1.165) is 41.1 Å². The van der Waals surface area contributed by atoms with E-state index in [1.807, 2.05) is 34.7 Å². The van der Waals surface area contributed by atoms with Gasteiger partial charge < -0.3 is 20.5 Å². The Morgan fingerprint density at radius 1 is 1.10 bits per heavy atom. The Kier molecular flexibility index (Phi) is 4.55. The molecule has 0 spiro atoms. The number of aromatic amines is 1. The van der Waals surface area contributed by atoms with Crippen LogP contribution in [0.2, 0.25) is 0 Å². The zero-order chi connectivity index (χ0) is 19.8. The topological polar surface area (TPSA) is 91.1 Å². The molecule has 0 aliphatic carbocycles. The molecule has 29 heavy (non-hydrogen) atoms. The first kappa shape index (κ1) is 17.9. The van der Waals surface area contributed by atoms with Gasteiger partial charge in [0.2, 0.25) is 11.9 Å². The minimum Gasteiger partial charge on any atom is -0.368 e. The molecular weight excluding hydrogens is 384 g/mol. The largest absolute Gasteiger partial charge is 0.368 e. The van der Waals surface area contributed by atoms with Crippen molar-refractivity contribution in [1.82, 2.24) is 19.9 Å². The van der Waals surface area contributed by atoms with Crippen molar-refractivity contribution in [3.63, 3.8) is 0 Å². The Hall–Kier alpha value is -3.13. The second-order valence-corrected chi connectivity index (χ2v) is 8.17. The van der Waals surface area contributed by atoms with Crippen molar-refractivity contribution in [2.45, 2.75) is 12.8 Å². The number of amides is 1. The number of para-hydroxylation sites is 1. The molecule has 0 bridgehead atoms. The summed E-state index contributed by atoms with van der Waals surface area (Å²) in [6.07, 6.45) is 3.29. The van der Waals surface area contributed by atoms with Crippen molar-refractivity contribution < 1.29 is 4.79 Å².